The van der Waals surface area contributed by atoms with Crippen LogP contribution < -0.4 is 0 Å². The van der Waals surface area contributed by atoms with Gasteiger partial charge in [0.25, 0.3) is 0 Å². The van der Waals surface area contributed by atoms with Crippen LogP contribution in [-0.4, -0.2) is 31.8 Å². The van der Waals surface area contributed by atoms with Gasteiger partial charge >= 0.3 is 5.97 Å². The summed E-state index contributed by atoms with van der Waals surface area (Å²) in [5, 5.41) is 0. The Morgan fingerprint density at radius 2 is 1.79 bits per heavy atom. The first kappa shape index (κ1) is 21.8. The molecule has 0 aromatic carbocycles. The minimum absolute atomic E-state index is 0.0259. The zero-order chi connectivity index (χ0) is 21.1. The van der Waals surface area contributed by atoms with E-state index in [-0.39, 0.29) is 34.9 Å². The van der Waals surface area contributed by atoms with E-state index in [0.29, 0.717) is 17.9 Å². The Morgan fingerprint density at radius 1 is 1.14 bits per heavy atom. The van der Waals surface area contributed by atoms with Crippen LogP contribution in [0, 0.1) is 22.7 Å². The highest BCUT2D eigenvalue weighted by atomic mass is 28.4. The zero-order valence-electron chi connectivity index (χ0n) is 19.0. The Morgan fingerprint density at radius 3 is 2.36 bits per heavy atom. The van der Waals surface area contributed by atoms with Gasteiger partial charge in [0, 0.05) is 12.0 Å². The number of carbonyl (C=O) groups is 2. The number of esters is 1. The molecule has 0 unspecified atom stereocenters. The van der Waals surface area contributed by atoms with Crippen molar-refractivity contribution in [2.45, 2.75) is 98.1 Å². The molecule has 4 atom stereocenters. The average Bonchev–Trinajstić information content (AvgIpc) is 2.83. The summed E-state index contributed by atoms with van der Waals surface area (Å²) in [6.07, 6.45) is 5.79. The van der Waals surface area contributed by atoms with Gasteiger partial charge < -0.3 is 9.16 Å². The van der Waals surface area contributed by atoms with E-state index in [2.05, 4.69) is 60.3 Å². The molecule has 3 aliphatic rings. The molecule has 1 heterocycles. The van der Waals surface area contributed by atoms with E-state index in [4.69, 9.17) is 9.16 Å². The van der Waals surface area contributed by atoms with Crippen molar-refractivity contribution in [2.24, 2.45) is 22.7 Å². The molecule has 0 radical (unpaired) electrons. The van der Waals surface area contributed by atoms with Crippen molar-refractivity contribution in [1.82, 2.24) is 0 Å². The number of carbonyl (C=O) groups excluding carboxylic acids is 2. The lowest BCUT2D eigenvalue weighted by Gasteiger charge is -2.52. The molecule has 28 heavy (non-hydrogen) atoms. The van der Waals surface area contributed by atoms with Crippen molar-refractivity contribution in [1.29, 1.82) is 0 Å². The predicted molar refractivity (Wildman–Crippen MR) is 113 cm³/mol. The quantitative estimate of drug-likeness (QED) is 0.471. The van der Waals surface area contributed by atoms with Gasteiger partial charge in [-0.25, -0.2) is 0 Å². The zero-order valence-corrected chi connectivity index (χ0v) is 20.0. The molecule has 0 amide bonds. The SMILES string of the molecule is CC(C)[C@@]1(O[Si](C)(C)C)CC(=O)O[C@H]1C1=C[C@@]2(C)CCCC(C)(C)[C@@H]2CC1=O. The van der Waals surface area contributed by atoms with E-state index in [1.54, 1.807) is 0 Å². The van der Waals surface area contributed by atoms with Crippen molar-refractivity contribution in [2.75, 3.05) is 0 Å². The summed E-state index contributed by atoms with van der Waals surface area (Å²) in [6, 6.07) is 0. The molecule has 2 fully saturated rings. The first-order valence-corrected chi connectivity index (χ1v) is 14.3. The minimum atomic E-state index is -1.96. The maximum Gasteiger partial charge on any atom is 0.309 e. The smallest absolute Gasteiger partial charge is 0.309 e. The normalized spacial score (nSPS) is 38.2. The van der Waals surface area contributed by atoms with E-state index in [1.165, 1.54) is 6.42 Å². The van der Waals surface area contributed by atoms with Gasteiger partial charge in [-0.15, -0.1) is 0 Å². The fraction of sp³-hybridized carbons (Fsp3) is 0.826. The number of ketones is 1. The van der Waals surface area contributed by atoms with Crippen LogP contribution in [0.3, 0.4) is 0 Å². The molecule has 0 spiro atoms. The summed E-state index contributed by atoms with van der Waals surface area (Å²) in [5.41, 5.74) is 0.0773. The second-order valence-electron chi connectivity index (χ2n) is 11.5. The number of Topliss-reactive ketones (excluding diaryl/α,β-unsaturated/α-hetero) is 1. The Hall–Kier alpha value is -0.943. The van der Waals surface area contributed by atoms with Crippen molar-refractivity contribution in [3.8, 4) is 0 Å². The van der Waals surface area contributed by atoms with E-state index in [1.807, 2.05) is 0 Å². The maximum atomic E-state index is 13.3. The molecular formula is C23H38O4Si. The third kappa shape index (κ3) is 3.65. The number of cyclic esters (lactones) is 1. The van der Waals surface area contributed by atoms with Crippen molar-refractivity contribution in [3.05, 3.63) is 11.6 Å². The van der Waals surface area contributed by atoms with Crippen molar-refractivity contribution >= 4 is 20.1 Å². The molecule has 0 aromatic rings. The molecule has 4 nitrogen and oxygen atoms in total. The van der Waals surface area contributed by atoms with Crippen LogP contribution in [0.15, 0.2) is 11.6 Å². The first-order chi connectivity index (χ1) is 12.7. The molecule has 0 N–H and O–H groups in total. The van der Waals surface area contributed by atoms with Crippen LogP contribution in [0.25, 0.3) is 0 Å². The Balaban J connectivity index is 2.07. The van der Waals surface area contributed by atoms with Crippen LogP contribution in [-0.2, 0) is 18.8 Å². The molecule has 2 aliphatic carbocycles. The molecule has 158 valence electrons. The molecule has 0 bridgehead atoms. The Labute approximate surface area is 171 Å². The number of fused-ring (bicyclic) bond motifs is 1. The highest BCUT2D eigenvalue weighted by Gasteiger charge is 2.59. The van der Waals surface area contributed by atoms with Gasteiger partial charge in [0.15, 0.2) is 20.2 Å². The van der Waals surface area contributed by atoms with Gasteiger partial charge in [-0.2, -0.15) is 0 Å². The molecule has 1 aliphatic heterocycles. The molecular weight excluding hydrogens is 368 g/mol. The van der Waals surface area contributed by atoms with Crippen LogP contribution >= 0.6 is 0 Å². The lowest BCUT2D eigenvalue weighted by Crippen LogP contribution is -2.55. The number of rotatable bonds is 4. The lowest BCUT2D eigenvalue weighted by molar-refractivity contribution is -0.142. The van der Waals surface area contributed by atoms with Gasteiger partial charge in [-0.05, 0) is 55.1 Å². The van der Waals surface area contributed by atoms with Crippen LogP contribution in [0.2, 0.25) is 19.6 Å². The number of hydrogen-bond donors (Lipinski definition) is 0. The van der Waals surface area contributed by atoms with E-state index in [0.717, 1.165) is 12.8 Å². The topological polar surface area (TPSA) is 52.6 Å². The fourth-order valence-electron chi connectivity index (χ4n) is 6.01. The summed E-state index contributed by atoms with van der Waals surface area (Å²) in [7, 11) is -1.96. The summed E-state index contributed by atoms with van der Waals surface area (Å²) in [5.74, 6) is 0.314. The van der Waals surface area contributed by atoms with Gasteiger partial charge in [0.1, 0.15) is 5.60 Å². The van der Waals surface area contributed by atoms with Gasteiger partial charge in [0.05, 0.1) is 6.42 Å². The number of ether oxygens (including phenoxy) is 1. The summed E-state index contributed by atoms with van der Waals surface area (Å²) >= 11 is 0. The van der Waals surface area contributed by atoms with Crippen LogP contribution in [0.4, 0.5) is 0 Å². The molecule has 5 heteroatoms. The van der Waals surface area contributed by atoms with E-state index in [9.17, 15) is 9.59 Å². The fourth-order valence-corrected chi connectivity index (χ4v) is 7.57. The largest absolute Gasteiger partial charge is 0.454 e. The van der Waals surface area contributed by atoms with Crippen LogP contribution in [0.1, 0.15) is 66.7 Å². The minimum Gasteiger partial charge on any atom is -0.454 e. The monoisotopic (exact) mass is 406 g/mol. The maximum absolute atomic E-state index is 13.3. The summed E-state index contributed by atoms with van der Waals surface area (Å²) in [6.45, 7) is 17.4. The standard InChI is InChI=1S/C23H38O4Si/c1-15(2)23(27-28(6,7)8)14-19(25)26-20(23)16-13-22(5)11-9-10-21(3,4)18(22)12-17(16)24/h13,15,18,20H,9-12,14H2,1-8H3/t18-,20-,22+,23-/m0/s1. The predicted octanol–water partition coefficient (Wildman–Crippen LogP) is 5.28. The van der Waals surface area contributed by atoms with Gasteiger partial charge in [-0.3, -0.25) is 9.59 Å². The summed E-state index contributed by atoms with van der Waals surface area (Å²) < 4.78 is 12.5. The van der Waals surface area contributed by atoms with Crippen molar-refractivity contribution in [3.63, 3.8) is 0 Å². The highest BCUT2D eigenvalue weighted by molar-refractivity contribution is 6.69. The molecule has 0 aromatic heterocycles. The van der Waals surface area contributed by atoms with Gasteiger partial charge in [-0.1, -0.05) is 47.1 Å². The third-order valence-electron chi connectivity index (χ3n) is 7.34. The second kappa shape index (κ2) is 6.80. The molecule has 1 saturated heterocycles. The molecule has 1 saturated carbocycles. The average molecular weight is 407 g/mol. The Bertz CT molecular complexity index is 702. The Kier molecular flexibility index (Phi) is 5.28. The lowest BCUT2D eigenvalue weighted by atomic mass is 9.52. The first-order valence-electron chi connectivity index (χ1n) is 10.9. The van der Waals surface area contributed by atoms with Crippen LogP contribution in [0.5, 0.6) is 0 Å². The van der Waals surface area contributed by atoms with Gasteiger partial charge in [0.2, 0.25) is 0 Å². The van der Waals surface area contributed by atoms with E-state index < -0.39 is 20.0 Å². The number of allylic oxidation sites excluding steroid dienone is 1. The van der Waals surface area contributed by atoms with Crippen molar-refractivity contribution < 1.29 is 18.8 Å². The third-order valence-corrected chi connectivity index (χ3v) is 8.33. The second-order valence-corrected chi connectivity index (χ2v) is 15.9. The molecule has 3 rings (SSSR count). The summed E-state index contributed by atoms with van der Waals surface area (Å²) in [4.78, 5) is 25.8. The van der Waals surface area contributed by atoms with E-state index >= 15 is 0 Å². The number of hydrogen-bond acceptors (Lipinski definition) is 4. The highest BCUT2D eigenvalue weighted by Crippen LogP contribution is 2.57.